The van der Waals surface area contributed by atoms with E-state index >= 15 is 0 Å². The van der Waals surface area contributed by atoms with Crippen molar-refractivity contribution in [1.82, 2.24) is 0 Å². The second-order valence-electron chi connectivity index (χ2n) is 11.0. The summed E-state index contributed by atoms with van der Waals surface area (Å²) in [5.41, 5.74) is 0.0377. The van der Waals surface area contributed by atoms with Crippen LogP contribution in [-0.4, -0.2) is 0 Å². The van der Waals surface area contributed by atoms with E-state index in [0.29, 0.717) is 0 Å². The zero-order chi connectivity index (χ0) is 18.9. The topological polar surface area (TPSA) is 23.8 Å². The van der Waals surface area contributed by atoms with Crippen LogP contribution in [0, 0.1) is 58.2 Å². The first kappa shape index (κ1) is 19.8. The van der Waals surface area contributed by atoms with Gasteiger partial charge in [-0.25, -0.2) is 0 Å². The average molecular weight is 370 g/mol. The maximum Gasteiger partial charge on any atom is 0.0689 e. The molecule has 0 aromatic heterocycles. The van der Waals surface area contributed by atoms with E-state index in [9.17, 15) is 5.26 Å². The lowest BCUT2D eigenvalue weighted by atomic mass is 9.48. The number of nitrogens with zero attached hydrogens (tertiary/aromatic N) is 1. The average Bonchev–Trinajstić information content (AvgIpc) is 2.71. The minimum atomic E-state index is 0.0377. The monoisotopic (exact) mass is 369 g/mol. The second kappa shape index (κ2) is 8.47. The third kappa shape index (κ3) is 3.72. The maximum atomic E-state index is 9.90. The molecule has 0 radical (unpaired) electrons. The Hall–Kier alpha value is -0.510. The van der Waals surface area contributed by atoms with Gasteiger partial charge in [0.2, 0.25) is 0 Å². The Morgan fingerprint density at radius 1 is 0.815 bits per heavy atom. The third-order valence-corrected chi connectivity index (χ3v) is 9.73. The highest BCUT2D eigenvalue weighted by molar-refractivity contribution is 5.07. The smallest absolute Gasteiger partial charge is 0.0689 e. The number of rotatable bonds is 5. The molecule has 0 bridgehead atoms. The Morgan fingerprint density at radius 2 is 1.56 bits per heavy atom. The molecule has 27 heavy (non-hydrogen) atoms. The van der Waals surface area contributed by atoms with Crippen LogP contribution in [0.2, 0.25) is 0 Å². The van der Waals surface area contributed by atoms with E-state index in [-0.39, 0.29) is 5.41 Å². The molecule has 8 unspecified atom stereocenters. The van der Waals surface area contributed by atoms with Crippen molar-refractivity contribution in [2.24, 2.45) is 46.8 Å². The molecule has 4 aliphatic rings. The lowest BCUT2D eigenvalue weighted by Crippen LogP contribution is -2.49. The second-order valence-corrected chi connectivity index (χ2v) is 11.0. The van der Waals surface area contributed by atoms with Gasteiger partial charge in [0, 0.05) is 0 Å². The Kier molecular flexibility index (Phi) is 6.21. The Balaban J connectivity index is 1.44. The molecule has 0 heterocycles. The summed E-state index contributed by atoms with van der Waals surface area (Å²) < 4.78 is 0. The van der Waals surface area contributed by atoms with Crippen molar-refractivity contribution in [1.29, 1.82) is 5.26 Å². The van der Waals surface area contributed by atoms with Crippen LogP contribution in [0.3, 0.4) is 0 Å². The normalized spacial score (nSPS) is 46.6. The predicted octanol–water partition coefficient (Wildman–Crippen LogP) is 7.76. The molecule has 0 saturated heterocycles. The van der Waals surface area contributed by atoms with E-state index in [1.807, 2.05) is 0 Å². The van der Waals surface area contributed by atoms with Gasteiger partial charge in [-0.1, -0.05) is 52.4 Å². The molecule has 0 aromatic carbocycles. The van der Waals surface area contributed by atoms with Gasteiger partial charge in [-0.3, -0.25) is 0 Å². The van der Waals surface area contributed by atoms with E-state index in [1.165, 1.54) is 77.0 Å². The Morgan fingerprint density at radius 3 is 2.33 bits per heavy atom. The molecule has 0 aromatic rings. The van der Waals surface area contributed by atoms with E-state index in [2.05, 4.69) is 19.9 Å². The van der Waals surface area contributed by atoms with Crippen LogP contribution in [0.15, 0.2) is 0 Å². The number of fused-ring (bicyclic) bond motifs is 5. The number of nitriles is 1. The van der Waals surface area contributed by atoms with Crippen molar-refractivity contribution in [2.75, 3.05) is 0 Å². The molecule has 0 amide bonds. The summed E-state index contributed by atoms with van der Waals surface area (Å²) in [6.07, 6.45) is 21.1. The van der Waals surface area contributed by atoms with Crippen LogP contribution >= 0.6 is 0 Å². The minimum absolute atomic E-state index is 0.0377. The van der Waals surface area contributed by atoms with Crippen molar-refractivity contribution in [3.8, 4) is 6.07 Å². The highest BCUT2D eigenvalue weighted by atomic mass is 14.6. The SMILES string of the molecule is CCCCC1CCCC2C1CCC1C3CCC(C#N)(CCC)CC3CCC21. The fourth-order valence-corrected chi connectivity index (χ4v) is 8.66. The van der Waals surface area contributed by atoms with E-state index < -0.39 is 0 Å². The van der Waals surface area contributed by atoms with Crippen LogP contribution in [-0.2, 0) is 0 Å². The van der Waals surface area contributed by atoms with E-state index in [4.69, 9.17) is 0 Å². The molecule has 4 fully saturated rings. The van der Waals surface area contributed by atoms with Gasteiger partial charge in [-0.05, 0) is 99.2 Å². The summed E-state index contributed by atoms with van der Waals surface area (Å²) in [5.74, 6) is 7.12. The molecule has 0 N–H and O–H groups in total. The van der Waals surface area contributed by atoms with Gasteiger partial charge in [0.15, 0.2) is 0 Å². The summed E-state index contributed by atoms with van der Waals surface area (Å²) in [7, 11) is 0. The number of hydrogen-bond donors (Lipinski definition) is 0. The summed E-state index contributed by atoms with van der Waals surface area (Å²) in [4.78, 5) is 0. The fraction of sp³-hybridized carbons (Fsp3) is 0.962. The zero-order valence-corrected chi connectivity index (χ0v) is 18.1. The van der Waals surface area contributed by atoms with E-state index in [0.717, 1.165) is 47.8 Å². The molecule has 152 valence electrons. The van der Waals surface area contributed by atoms with E-state index in [1.54, 1.807) is 12.8 Å². The molecular formula is C26H43N. The van der Waals surface area contributed by atoms with Crippen molar-refractivity contribution in [3.63, 3.8) is 0 Å². The largest absolute Gasteiger partial charge is 0.198 e. The molecule has 4 rings (SSSR count). The van der Waals surface area contributed by atoms with Gasteiger partial charge in [0.05, 0.1) is 11.5 Å². The van der Waals surface area contributed by atoms with Crippen LogP contribution in [0.5, 0.6) is 0 Å². The minimum Gasteiger partial charge on any atom is -0.198 e. The summed E-state index contributed by atoms with van der Waals surface area (Å²) in [5, 5.41) is 9.90. The van der Waals surface area contributed by atoms with Gasteiger partial charge >= 0.3 is 0 Å². The molecule has 4 saturated carbocycles. The summed E-state index contributed by atoms with van der Waals surface area (Å²) >= 11 is 0. The first-order valence-electron chi connectivity index (χ1n) is 12.6. The molecule has 0 aliphatic heterocycles. The predicted molar refractivity (Wildman–Crippen MR) is 113 cm³/mol. The molecule has 0 spiro atoms. The van der Waals surface area contributed by atoms with Crippen molar-refractivity contribution in [2.45, 2.75) is 110 Å². The molecule has 8 atom stereocenters. The Labute approximate surface area is 168 Å². The summed E-state index contributed by atoms with van der Waals surface area (Å²) in [6.45, 7) is 4.63. The van der Waals surface area contributed by atoms with Gasteiger partial charge in [-0.15, -0.1) is 0 Å². The van der Waals surface area contributed by atoms with Crippen LogP contribution in [0.4, 0.5) is 0 Å². The van der Waals surface area contributed by atoms with Crippen molar-refractivity contribution in [3.05, 3.63) is 0 Å². The van der Waals surface area contributed by atoms with Crippen molar-refractivity contribution < 1.29 is 0 Å². The lowest BCUT2D eigenvalue weighted by Gasteiger charge is -2.57. The highest BCUT2D eigenvalue weighted by Gasteiger charge is 2.52. The molecule has 1 nitrogen and oxygen atoms in total. The quantitative estimate of drug-likeness (QED) is 0.486. The number of unbranched alkanes of at least 4 members (excludes halogenated alkanes) is 1. The van der Waals surface area contributed by atoms with Crippen LogP contribution < -0.4 is 0 Å². The van der Waals surface area contributed by atoms with Gasteiger partial charge in [-0.2, -0.15) is 5.26 Å². The first-order valence-corrected chi connectivity index (χ1v) is 12.6. The standard InChI is InChI=1S/C26H43N/c1-3-5-7-19-8-6-9-23-21(19)12-13-24-22-14-16-26(18-27,15-4-2)17-20(22)10-11-25(23)24/h19-25H,3-17H2,1-2H3. The van der Waals surface area contributed by atoms with Crippen LogP contribution in [0.1, 0.15) is 110 Å². The van der Waals surface area contributed by atoms with Gasteiger partial charge in [0.1, 0.15) is 0 Å². The van der Waals surface area contributed by atoms with Gasteiger partial charge < -0.3 is 0 Å². The molecule has 4 aliphatic carbocycles. The maximum absolute atomic E-state index is 9.90. The summed E-state index contributed by atoms with van der Waals surface area (Å²) in [6, 6.07) is 2.79. The molecule has 1 heteroatoms. The third-order valence-electron chi connectivity index (χ3n) is 9.73. The first-order chi connectivity index (χ1) is 13.2. The van der Waals surface area contributed by atoms with Crippen LogP contribution in [0.25, 0.3) is 0 Å². The van der Waals surface area contributed by atoms with Crippen molar-refractivity contribution >= 4 is 0 Å². The van der Waals surface area contributed by atoms with Gasteiger partial charge in [0.25, 0.3) is 0 Å². The zero-order valence-electron chi connectivity index (χ0n) is 18.1. The Bertz CT molecular complexity index is 533. The number of hydrogen-bond acceptors (Lipinski definition) is 1. The highest BCUT2D eigenvalue weighted by Crippen LogP contribution is 2.60. The fourth-order valence-electron chi connectivity index (χ4n) is 8.66. The lowest BCUT2D eigenvalue weighted by molar-refractivity contribution is -0.0717. The molecular weight excluding hydrogens is 326 g/mol.